The van der Waals surface area contributed by atoms with Gasteiger partial charge in [-0.1, -0.05) is 0 Å². The molecule has 0 saturated carbocycles. The highest BCUT2D eigenvalue weighted by molar-refractivity contribution is 6.03. The summed E-state index contributed by atoms with van der Waals surface area (Å²) in [6.07, 6.45) is 1.30. The van der Waals surface area contributed by atoms with Crippen LogP contribution >= 0.6 is 0 Å². The first kappa shape index (κ1) is 20.5. The fourth-order valence-corrected chi connectivity index (χ4v) is 2.86. The van der Waals surface area contributed by atoms with Crippen LogP contribution in [0.15, 0.2) is 17.1 Å². The van der Waals surface area contributed by atoms with Gasteiger partial charge in [0, 0.05) is 50.2 Å². The molecule has 1 aliphatic heterocycles. The molecule has 148 valence electrons. The summed E-state index contributed by atoms with van der Waals surface area (Å²) in [4.78, 5) is 31.6. The molecule has 0 bridgehead atoms. The molecule has 1 amide bonds. The molecule has 3 N–H and O–H groups in total. The zero-order valence-corrected chi connectivity index (χ0v) is 16.4. The fourth-order valence-electron chi connectivity index (χ4n) is 2.86. The zero-order valence-electron chi connectivity index (χ0n) is 16.4. The first-order valence-corrected chi connectivity index (χ1v) is 9.02. The van der Waals surface area contributed by atoms with Crippen molar-refractivity contribution in [2.24, 2.45) is 4.99 Å². The van der Waals surface area contributed by atoms with E-state index in [9.17, 15) is 14.7 Å². The molecule has 1 aromatic carbocycles. The Morgan fingerprint density at radius 2 is 1.89 bits per heavy atom. The number of carboxylic acids is 1. The van der Waals surface area contributed by atoms with Gasteiger partial charge in [0.25, 0.3) is 0 Å². The standard InChI is InChI=1S/C19H28N4O4/c1-5-21-12-14-15(7-6-13(16(14)20)17(24)25)22-8-10-23(11-9-22)18(26)27-19(2,3)4/h6-7,12H,5,8-11,20H2,1-4H3,(H,24,25). The number of carboxylic acid groups (broad SMARTS) is 1. The van der Waals surface area contributed by atoms with Gasteiger partial charge >= 0.3 is 12.1 Å². The highest BCUT2D eigenvalue weighted by atomic mass is 16.6. The molecule has 1 aliphatic rings. The van der Waals surface area contributed by atoms with Gasteiger partial charge in [0.05, 0.1) is 11.3 Å². The predicted molar refractivity (Wildman–Crippen MR) is 106 cm³/mol. The molecule has 0 aromatic heterocycles. The van der Waals surface area contributed by atoms with Crippen molar-refractivity contribution in [2.75, 3.05) is 43.4 Å². The van der Waals surface area contributed by atoms with Crippen LogP contribution in [0.5, 0.6) is 0 Å². The molecule has 0 radical (unpaired) electrons. The summed E-state index contributed by atoms with van der Waals surface area (Å²) >= 11 is 0. The smallest absolute Gasteiger partial charge is 0.410 e. The van der Waals surface area contributed by atoms with Crippen LogP contribution in [0, 0.1) is 0 Å². The van der Waals surface area contributed by atoms with Crippen LogP contribution in [0.25, 0.3) is 0 Å². The van der Waals surface area contributed by atoms with Crippen LogP contribution in [0.1, 0.15) is 43.6 Å². The third-order valence-corrected chi connectivity index (χ3v) is 4.17. The Morgan fingerprint density at radius 3 is 2.41 bits per heavy atom. The van der Waals surface area contributed by atoms with Gasteiger partial charge in [0.2, 0.25) is 0 Å². The molecule has 1 saturated heterocycles. The number of nitrogens with zero attached hydrogens (tertiary/aromatic N) is 3. The summed E-state index contributed by atoms with van der Waals surface area (Å²) in [7, 11) is 0. The van der Waals surface area contributed by atoms with E-state index in [-0.39, 0.29) is 17.3 Å². The average Bonchev–Trinajstić information content (AvgIpc) is 2.58. The summed E-state index contributed by atoms with van der Waals surface area (Å²) in [6, 6.07) is 3.26. The normalized spacial score (nSPS) is 15.3. The Morgan fingerprint density at radius 1 is 1.26 bits per heavy atom. The second-order valence-electron chi connectivity index (χ2n) is 7.35. The van der Waals surface area contributed by atoms with E-state index in [0.29, 0.717) is 38.3 Å². The van der Waals surface area contributed by atoms with E-state index in [1.807, 2.05) is 27.7 Å². The van der Waals surface area contributed by atoms with Crippen LogP contribution in [0.3, 0.4) is 0 Å². The van der Waals surface area contributed by atoms with Crippen molar-refractivity contribution in [2.45, 2.75) is 33.3 Å². The Balaban J connectivity index is 2.20. The average molecular weight is 376 g/mol. The molecule has 0 spiro atoms. The Bertz CT molecular complexity index is 732. The van der Waals surface area contributed by atoms with Crippen LogP contribution in [0.4, 0.5) is 16.2 Å². The lowest BCUT2D eigenvalue weighted by atomic mass is 10.0. The first-order valence-electron chi connectivity index (χ1n) is 9.02. The number of carbonyl (C=O) groups is 2. The zero-order chi connectivity index (χ0) is 20.2. The van der Waals surface area contributed by atoms with Crippen LogP contribution in [-0.2, 0) is 4.74 Å². The van der Waals surface area contributed by atoms with Gasteiger partial charge in [-0.25, -0.2) is 9.59 Å². The summed E-state index contributed by atoms with van der Waals surface area (Å²) in [6.45, 7) is 10.2. The molecule has 1 aromatic rings. The van der Waals surface area contributed by atoms with Gasteiger partial charge in [-0.15, -0.1) is 0 Å². The Hall–Kier alpha value is -2.77. The van der Waals surface area contributed by atoms with E-state index in [1.165, 1.54) is 6.07 Å². The van der Waals surface area contributed by atoms with Crippen molar-refractivity contribution >= 4 is 29.7 Å². The number of ether oxygens (including phenoxy) is 1. The van der Waals surface area contributed by atoms with E-state index in [1.54, 1.807) is 17.2 Å². The molecule has 8 heteroatoms. The molecule has 0 atom stereocenters. The SMILES string of the molecule is CCN=Cc1c(N2CCN(C(=O)OC(C)(C)C)CC2)ccc(C(=O)O)c1N. The number of hydrogen-bond donors (Lipinski definition) is 2. The minimum absolute atomic E-state index is 0.0590. The second-order valence-corrected chi connectivity index (χ2v) is 7.35. The summed E-state index contributed by atoms with van der Waals surface area (Å²) in [5.74, 6) is -1.07. The van der Waals surface area contributed by atoms with Crippen molar-refractivity contribution in [3.8, 4) is 0 Å². The number of amides is 1. The van der Waals surface area contributed by atoms with E-state index in [0.717, 1.165) is 5.69 Å². The van der Waals surface area contributed by atoms with Gasteiger partial charge < -0.3 is 25.4 Å². The lowest BCUT2D eigenvalue weighted by Crippen LogP contribution is -2.50. The number of aliphatic imine (C=N–C) groups is 1. The number of rotatable bonds is 4. The van der Waals surface area contributed by atoms with Crippen molar-refractivity contribution < 1.29 is 19.4 Å². The van der Waals surface area contributed by atoms with E-state index in [4.69, 9.17) is 10.5 Å². The number of carbonyl (C=O) groups excluding carboxylic acids is 1. The maximum absolute atomic E-state index is 12.2. The van der Waals surface area contributed by atoms with Crippen LogP contribution in [-0.4, -0.2) is 66.6 Å². The number of nitrogen functional groups attached to an aromatic ring is 1. The van der Waals surface area contributed by atoms with Gasteiger partial charge in [-0.05, 0) is 39.8 Å². The van der Waals surface area contributed by atoms with Gasteiger partial charge in [-0.2, -0.15) is 0 Å². The van der Waals surface area contributed by atoms with Crippen molar-refractivity contribution in [3.63, 3.8) is 0 Å². The largest absolute Gasteiger partial charge is 0.478 e. The number of piperazine rings is 1. The van der Waals surface area contributed by atoms with E-state index in [2.05, 4.69) is 9.89 Å². The molecular formula is C19H28N4O4. The highest BCUT2D eigenvalue weighted by Gasteiger charge is 2.27. The van der Waals surface area contributed by atoms with Gasteiger partial charge in [-0.3, -0.25) is 4.99 Å². The maximum atomic E-state index is 12.2. The van der Waals surface area contributed by atoms with E-state index >= 15 is 0 Å². The van der Waals surface area contributed by atoms with E-state index < -0.39 is 11.6 Å². The lowest BCUT2D eigenvalue weighted by Gasteiger charge is -2.37. The summed E-state index contributed by atoms with van der Waals surface area (Å²) in [5.41, 5.74) is 7.24. The fraction of sp³-hybridized carbons (Fsp3) is 0.526. The maximum Gasteiger partial charge on any atom is 0.410 e. The van der Waals surface area contributed by atoms with Crippen LogP contribution < -0.4 is 10.6 Å². The third-order valence-electron chi connectivity index (χ3n) is 4.17. The van der Waals surface area contributed by atoms with Gasteiger partial charge in [0.1, 0.15) is 5.60 Å². The molecule has 2 rings (SSSR count). The molecule has 0 aliphatic carbocycles. The van der Waals surface area contributed by atoms with Crippen molar-refractivity contribution in [1.82, 2.24) is 4.90 Å². The summed E-state index contributed by atoms with van der Waals surface area (Å²) in [5, 5.41) is 9.31. The highest BCUT2D eigenvalue weighted by Crippen LogP contribution is 2.29. The monoisotopic (exact) mass is 376 g/mol. The molecule has 0 unspecified atom stereocenters. The number of aromatic carboxylic acids is 1. The van der Waals surface area contributed by atoms with Gasteiger partial charge in [0.15, 0.2) is 0 Å². The summed E-state index contributed by atoms with van der Waals surface area (Å²) < 4.78 is 5.42. The van der Waals surface area contributed by atoms with Crippen molar-refractivity contribution in [3.05, 3.63) is 23.3 Å². The third kappa shape index (κ3) is 5.12. The molecule has 8 nitrogen and oxygen atoms in total. The van der Waals surface area contributed by atoms with Crippen LogP contribution in [0.2, 0.25) is 0 Å². The topological polar surface area (TPSA) is 108 Å². The first-order chi connectivity index (χ1) is 12.6. The number of nitrogens with two attached hydrogens (primary N) is 1. The predicted octanol–water partition coefficient (Wildman–Crippen LogP) is 2.46. The number of benzene rings is 1. The molecular weight excluding hydrogens is 348 g/mol. The molecule has 1 heterocycles. The molecule has 27 heavy (non-hydrogen) atoms. The number of anilines is 2. The quantitative estimate of drug-likeness (QED) is 0.617. The lowest BCUT2D eigenvalue weighted by molar-refractivity contribution is 0.0240. The second kappa shape index (κ2) is 8.28. The van der Waals surface area contributed by atoms with Crippen molar-refractivity contribution in [1.29, 1.82) is 0 Å². The molecule has 1 fully saturated rings. The minimum Gasteiger partial charge on any atom is -0.478 e. The minimum atomic E-state index is -1.07. The Kier molecular flexibility index (Phi) is 6.30. The number of hydrogen-bond acceptors (Lipinski definition) is 6. The Labute approximate surface area is 159 Å².